The maximum atomic E-state index is 13.0. The number of hydrogen-bond acceptors (Lipinski definition) is 7. The molecule has 0 unspecified atom stereocenters. The molecular weight excluding hydrogens is 602 g/mol. The molecule has 4 rings (SSSR count). The molecule has 0 spiro atoms. The summed E-state index contributed by atoms with van der Waals surface area (Å²) < 4.78 is 5.56. The highest BCUT2D eigenvalue weighted by molar-refractivity contribution is 9.11. The lowest BCUT2D eigenvalue weighted by Gasteiger charge is -2.16. The molecule has 3 amide bonds. The van der Waals surface area contributed by atoms with Crippen LogP contribution in [0.15, 0.2) is 63.5 Å². The van der Waals surface area contributed by atoms with Gasteiger partial charge in [0.2, 0.25) is 0 Å². The molecule has 1 N–H and O–H groups in total. The fourth-order valence-electron chi connectivity index (χ4n) is 3.58. The molecule has 3 aromatic carbocycles. The van der Waals surface area contributed by atoms with E-state index in [1.807, 2.05) is 0 Å². The van der Waals surface area contributed by atoms with Crippen LogP contribution in [0, 0.1) is 17.0 Å². The van der Waals surface area contributed by atoms with Crippen molar-refractivity contribution >= 4 is 72.6 Å². The quantitative estimate of drug-likeness (QED) is 0.178. The second-order valence-electron chi connectivity index (χ2n) is 7.66. The van der Waals surface area contributed by atoms with E-state index in [9.17, 15) is 29.3 Å². The molecule has 0 radical (unpaired) electrons. The first-order valence-electron chi connectivity index (χ1n) is 10.3. The van der Waals surface area contributed by atoms with Crippen molar-refractivity contribution in [2.45, 2.75) is 6.92 Å². The van der Waals surface area contributed by atoms with E-state index >= 15 is 0 Å². The van der Waals surface area contributed by atoms with Crippen molar-refractivity contribution in [1.29, 1.82) is 0 Å². The van der Waals surface area contributed by atoms with E-state index in [2.05, 4.69) is 37.2 Å². The zero-order chi connectivity index (χ0) is 26.1. The molecule has 0 aliphatic carbocycles. The number of rotatable bonds is 6. The number of nitrogens with zero attached hydrogens (tertiary/aromatic N) is 2. The number of halogens is 2. The summed E-state index contributed by atoms with van der Waals surface area (Å²) >= 11 is 6.31. The van der Waals surface area contributed by atoms with Crippen molar-refractivity contribution in [2.75, 3.05) is 16.8 Å². The lowest BCUT2D eigenvalue weighted by Crippen LogP contribution is -2.29. The van der Waals surface area contributed by atoms with Crippen molar-refractivity contribution in [3.8, 4) is 0 Å². The normalized spacial score (nSPS) is 12.4. The van der Waals surface area contributed by atoms with Gasteiger partial charge in [0, 0.05) is 21.1 Å². The lowest BCUT2D eigenvalue weighted by atomic mass is 10.1. The second kappa shape index (κ2) is 9.99. The number of nitro groups is 1. The molecule has 0 fully saturated rings. The second-order valence-corrected chi connectivity index (χ2v) is 9.37. The van der Waals surface area contributed by atoms with Gasteiger partial charge in [0.05, 0.1) is 33.0 Å². The van der Waals surface area contributed by atoms with Crippen LogP contribution >= 0.6 is 31.9 Å². The van der Waals surface area contributed by atoms with Gasteiger partial charge in [-0.25, -0.2) is 9.69 Å². The topological polar surface area (TPSA) is 136 Å². The van der Waals surface area contributed by atoms with Crippen LogP contribution in [-0.4, -0.2) is 35.2 Å². The first kappa shape index (κ1) is 25.2. The van der Waals surface area contributed by atoms with E-state index in [1.54, 1.807) is 31.2 Å². The van der Waals surface area contributed by atoms with Gasteiger partial charge in [-0.3, -0.25) is 24.5 Å². The summed E-state index contributed by atoms with van der Waals surface area (Å²) in [4.78, 5) is 62.1. The Labute approximate surface area is 220 Å². The number of imide groups is 1. The van der Waals surface area contributed by atoms with Gasteiger partial charge in [-0.15, -0.1) is 0 Å². The van der Waals surface area contributed by atoms with Crippen LogP contribution in [0.25, 0.3) is 0 Å². The Morgan fingerprint density at radius 2 is 1.64 bits per heavy atom. The number of fused-ring (bicyclic) bond motifs is 1. The number of ether oxygens (including phenoxy) is 1. The minimum absolute atomic E-state index is 0.00738. The van der Waals surface area contributed by atoms with Crippen LogP contribution in [0.3, 0.4) is 0 Å². The zero-order valence-electron chi connectivity index (χ0n) is 18.4. The first-order chi connectivity index (χ1) is 17.1. The van der Waals surface area contributed by atoms with E-state index in [0.29, 0.717) is 5.69 Å². The van der Waals surface area contributed by atoms with Crippen LogP contribution < -0.4 is 10.2 Å². The van der Waals surface area contributed by atoms with E-state index in [0.717, 1.165) is 10.5 Å². The Balaban J connectivity index is 1.45. The Bertz CT molecular complexity index is 1450. The Morgan fingerprint density at radius 1 is 1.00 bits per heavy atom. The van der Waals surface area contributed by atoms with Crippen molar-refractivity contribution in [1.82, 2.24) is 0 Å². The summed E-state index contributed by atoms with van der Waals surface area (Å²) in [6.45, 7) is 1.12. The van der Waals surface area contributed by atoms with Gasteiger partial charge < -0.3 is 10.1 Å². The van der Waals surface area contributed by atoms with E-state index in [4.69, 9.17) is 4.74 Å². The molecule has 0 bridgehead atoms. The van der Waals surface area contributed by atoms with Crippen molar-refractivity contribution < 1.29 is 28.8 Å². The molecule has 1 aliphatic rings. The largest absolute Gasteiger partial charge is 0.452 e. The average molecular weight is 617 g/mol. The molecule has 12 heteroatoms. The smallest absolute Gasteiger partial charge is 0.338 e. The number of nitro benzene ring substituents is 1. The number of esters is 1. The molecule has 3 aromatic rings. The molecule has 0 atom stereocenters. The average Bonchev–Trinajstić information content (AvgIpc) is 3.09. The van der Waals surface area contributed by atoms with Crippen LogP contribution in [0.4, 0.5) is 17.1 Å². The predicted octanol–water partition coefficient (Wildman–Crippen LogP) is 5.02. The molecule has 1 heterocycles. The number of hydrogen-bond donors (Lipinski definition) is 1. The molecule has 0 saturated carbocycles. The monoisotopic (exact) mass is 615 g/mol. The van der Waals surface area contributed by atoms with Crippen LogP contribution in [0.2, 0.25) is 0 Å². The van der Waals surface area contributed by atoms with Gasteiger partial charge in [-0.1, -0.05) is 18.2 Å². The summed E-state index contributed by atoms with van der Waals surface area (Å²) in [7, 11) is 0. The highest BCUT2D eigenvalue weighted by Gasteiger charge is 2.37. The Hall–Kier alpha value is -3.90. The molecule has 36 heavy (non-hydrogen) atoms. The third-order valence-electron chi connectivity index (χ3n) is 5.32. The predicted molar refractivity (Wildman–Crippen MR) is 136 cm³/mol. The Kier molecular flexibility index (Phi) is 7.00. The highest BCUT2D eigenvalue weighted by Crippen LogP contribution is 2.35. The summed E-state index contributed by atoms with van der Waals surface area (Å²) in [6, 6.07) is 13.4. The number of amides is 3. The SMILES string of the molecule is Cc1ccccc1N1C(=O)c2ccc(C(=O)OCC(=O)Nc3c(Br)cc([N+](=O)[O-])cc3Br)cc2C1=O. The number of anilines is 2. The number of nitrogens with one attached hydrogen (secondary N) is 1. The van der Waals surface area contributed by atoms with Gasteiger partial charge in [-0.05, 0) is 68.6 Å². The third kappa shape index (κ3) is 4.77. The molecule has 182 valence electrons. The van der Waals surface area contributed by atoms with Crippen LogP contribution in [0.1, 0.15) is 36.6 Å². The highest BCUT2D eigenvalue weighted by atomic mass is 79.9. The van der Waals surface area contributed by atoms with E-state index < -0.39 is 35.2 Å². The number of benzene rings is 3. The number of carbonyl (C=O) groups is 4. The van der Waals surface area contributed by atoms with Gasteiger partial charge in [0.1, 0.15) is 0 Å². The maximum Gasteiger partial charge on any atom is 0.338 e. The van der Waals surface area contributed by atoms with Gasteiger partial charge in [-0.2, -0.15) is 0 Å². The molecule has 10 nitrogen and oxygen atoms in total. The summed E-state index contributed by atoms with van der Waals surface area (Å²) in [5, 5.41) is 13.4. The standard InChI is InChI=1S/C24H15Br2N3O7/c1-12-4-2-3-5-19(12)28-22(31)15-7-6-13(8-16(15)23(28)32)24(33)36-11-20(30)27-21-17(25)9-14(29(34)35)10-18(21)26/h2-10H,11H2,1H3,(H,27,30). The zero-order valence-corrected chi connectivity index (χ0v) is 21.6. The first-order valence-corrected chi connectivity index (χ1v) is 11.9. The van der Waals surface area contributed by atoms with Crippen LogP contribution in [0.5, 0.6) is 0 Å². The number of aryl methyl sites for hydroxylation is 1. The summed E-state index contributed by atoms with van der Waals surface area (Å²) in [5.74, 6) is -2.63. The molecule has 0 aromatic heterocycles. The van der Waals surface area contributed by atoms with Crippen LogP contribution in [-0.2, 0) is 9.53 Å². The van der Waals surface area contributed by atoms with E-state index in [1.165, 1.54) is 30.3 Å². The number of carbonyl (C=O) groups excluding carboxylic acids is 4. The van der Waals surface area contributed by atoms with Crippen molar-refractivity contribution in [2.24, 2.45) is 0 Å². The van der Waals surface area contributed by atoms with Gasteiger partial charge in [0.25, 0.3) is 23.4 Å². The molecular formula is C24H15Br2N3O7. The minimum atomic E-state index is -0.871. The molecule has 0 saturated heterocycles. The number of non-ortho nitro benzene ring substituents is 1. The minimum Gasteiger partial charge on any atom is -0.452 e. The summed E-state index contributed by atoms with van der Waals surface area (Å²) in [6.07, 6.45) is 0. The fraction of sp³-hybridized carbons (Fsp3) is 0.0833. The van der Waals surface area contributed by atoms with Crippen molar-refractivity contribution in [3.05, 3.63) is 95.9 Å². The van der Waals surface area contributed by atoms with Gasteiger partial charge in [0.15, 0.2) is 6.61 Å². The fourth-order valence-corrected chi connectivity index (χ4v) is 4.94. The Morgan fingerprint density at radius 3 is 2.28 bits per heavy atom. The lowest BCUT2D eigenvalue weighted by molar-refractivity contribution is -0.385. The van der Waals surface area contributed by atoms with E-state index in [-0.39, 0.29) is 37.0 Å². The summed E-state index contributed by atoms with van der Waals surface area (Å²) in [5.41, 5.74) is 1.43. The molecule has 1 aliphatic heterocycles. The van der Waals surface area contributed by atoms with Crippen molar-refractivity contribution in [3.63, 3.8) is 0 Å². The van der Waals surface area contributed by atoms with Gasteiger partial charge >= 0.3 is 5.97 Å². The third-order valence-corrected chi connectivity index (χ3v) is 6.57. The number of para-hydroxylation sites is 1. The maximum absolute atomic E-state index is 13.0.